The van der Waals surface area contributed by atoms with E-state index in [4.69, 9.17) is 9.47 Å². The Labute approximate surface area is 219 Å². The fourth-order valence-electron chi connectivity index (χ4n) is 3.87. The molecule has 0 saturated carbocycles. The van der Waals surface area contributed by atoms with Crippen molar-refractivity contribution in [2.75, 3.05) is 23.9 Å². The summed E-state index contributed by atoms with van der Waals surface area (Å²) in [6, 6.07) is 23.2. The lowest BCUT2D eigenvalue weighted by Crippen LogP contribution is -2.35. The van der Waals surface area contributed by atoms with Crippen LogP contribution in [0.3, 0.4) is 0 Å². The van der Waals surface area contributed by atoms with E-state index in [2.05, 4.69) is 10.3 Å². The van der Waals surface area contributed by atoms with Gasteiger partial charge in [0.15, 0.2) is 11.7 Å². The highest BCUT2D eigenvalue weighted by Gasteiger charge is 2.23. The molecule has 0 bridgehead atoms. The zero-order valence-corrected chi connectivity index (χ0v) is 21.2. The normalized spacial score (nSPS) is 12.8. The monoisotopic (exact) mass is 511 g/mol. The van der Waals surface area contributed by atoms with E-state index in [-0.39, 0.29) is 18.4 Å². The number of hydrogen-bond donors (Lipinski definition) is 1. The average Bonchev–Trinajstić information content (AvgIpc) is 3.29. The van der Waals surface area contributed by atoms with Gasteiger partial charge in [-0.25, -0.2) is 4.98 Å². The number of aromatic nitrogens is 1. The number of rotatable bonds is 7. The Hall–Kier alpha value is -4.43. The fourth-order valence-corrected chi connectivity index (χ4v) is 4.71. The lowest BCUT2D eigenvalue weighted by Gasteiger charge is -2.26. The number of amides is 2. The molecule has 4 aromatic rings. The third-order valence-electron chi connectivity index (χ3n) is 5.90. The maximum atomic E-state index is 12.5. The van der Waals surface area contributed by atoms with Crippen LogP contribution in [0.4, 0.5) is 10.8 Å². The average molecular weight is 512 g/mol. The molecule has 0 atom stereocenters. The summed E-state index contributed by atoms with van der Waals surface area (Å²) in [6.45, 7) is 2.49. The highest BCUT2D eigenvalue weighted by molar-refractivity contribution is 7.16. The molecule has 8 heteroatoms. The molecule has 0 radical (unpaired) electrons. The zero-order valence-electron chi connectivity index (χ0n) is 20.4. The minimum absolute atomic E-state index is 0.0362. The van der Waals surface area contributed by atoms with Gasteiger partial charge in [0.1, 0.15) is 18.1 Å². The number of carbonyl (C=O) groups is 2. The number of nitrogens with one attached hydrogen (secondary N) is 1. The maximum Gasteiger partial charge on any atom is 0.264 e. The SMILES string of the molecule is Cc1sc(NC(=O)/C=C/c2ccc(OCc3ccccc3)cc2)nc1-c1ccc2c(c1)N(C)C(=O)CO2. The molecule has 2 amide bonds. The first-order valence-corrected chi connectivity index (χ1v) is 12.5. The number of fused-ring (bicyclic) bond motifs is 1. The molecule has 0 saturated heterocycles. The second kappa shape index (κ2) is 10.7. The van der Waals surface area contributed by atoms with Crippen molar-refractivity contribution in [3.63, 3.8) is 0 Å². The number of nitrogens with zero attached hydrogens (tertiary/aromatic N) is 2. The van der Waals surface area contributed by atoms with Gasteiger partial charge in [-0.05, 0) is 54.5 Å². The van der Waals surface area contributed by atoms with Crippen LogP contribution in [0.15, 0.2) is 78.9 Å². The van der Waals surface area contributed by atoms with Crippen molar-refractivity contribution in [3.05, 3.63) is 94.9 Å². The van der Waals surface area contributed by atoms with E-state index in [0.29, 0.717) is 23.2 Å². The van der Waals surface area contributed by atoms with Crippen molar-refractivity contribution in [3.8, 4) is 22.8 Å². The minimum Gasteiger partial charge on any atom is -0.489 e. The molecule has 1 N–H and O–H groups in total. The van der Waals surface area contributed by atoms with Crippen LogP contribution in [0, 0.1) is 6.92 Å². The Balaban J connectivity index is 1.21. The number of ether oxygens (including phenoxy) is 2. The first-order chi connectivity index (χ1) is 18.0. The van der Waals surface area contributed by atoms with Gasteiger partial charge in [-0.2, -0.15) is 0 Å². The van der Waals surface area contributed by atoms with E-state index in [1.54, 1.807) is 18.0 Å². The standard InChI is InChI=1S/C29H25N3O4S/c1-19-28(22-11-14-25-24(16-22)32(2)27(34)18-36-25)31-29(37-19)30-26(33)15-10-20-8-12-23(13-9-20)35-17-21-6-4-3-5-7-21/h3-16H,17-18H2,1-2H3,(H,30,31,33)/b15-10+. The van der Waals surface area contributed by atoms with Crippen molar-refractivity contribution in [1.82, 2.24) is 4.98 Å². The highest BCUT2D eigenvalue weighted by atomic mass is 32.1. The Morgan fingerprint density at radius 3 is 2.70 bits per heavy atom. The largest absolute Gasteiger partial charge is 0.489 e. The molecule has 1 aliphatic heterocycles. The lowest BCUT2D eigenvalue weighted by atomic mass is 10.1. The summed E-state index contributed by atoms with van der Waals surface area (Å²) in [4.78, 5) is 31.7. The summed E-state index contributed by atoms with van der Waals surface area (Å²) in [5.41, 5.74) is 4.29. The van der Waals surface area contributed by atoms with E-state index >= 15 is 0 Å². The molecule has 1 aliphatic rings. The number of anilines is 2. The third-order valence-corrected chi connectivity index (χ3v) is 6.79. The van der Waals surface area contributed by atoms with Gasteiger partial charge in [-0.3, -0.25) is 14.9 Å². The number of benzene rings is 3. The molecule has 0 aliphatic carbocycles. The number of likely N-dealkylation sites (N-methyl/N-ethyl adjacent to an activating group) is 1. The summed E-state index contributed by atoms with van der Waals surface area (Å²) in [7, 11) is 1.73. The predicted molar refractivity (Wildman–Crippen MR) is 146 cm³/mol. The van der Waals surface area contributed by atoms with Crippen molar-refractivity contribution >= 4 is 40.0 Å². The molecule has 3 aromatic carbocycles. The molecule has 186 valence electrons. The van der Waals surface area contributed by atoms with Gasteiger partial charge >= 0.3 is 0 Å². The molecule has 0 unspecified atom stereocenters. The Bertz CT molecular complexity index is 1460. The molecule has 2 heterocycles. The summed E-state index contributed by atoms with van der Waals surface area (Å²) in [5.74, 6) is 1.05. The van der Waals surface area contributed by atoms with Crippen LogP contribution in [0.1, 0.15) is 16.0 Å². The van der Waals surface area contributed by atoms with Crippen molar-refractivity contribution < 1.29 is 19.1 Å². The molecular formula is C29H25N3O4S. The number of hydrogen-bond acceptors (Lipinski definition) is 6. The summed E-state index contributed by atoms with van der Waals surface area (Å²) in [5, 5.41) is 3.34. The summed E-state index contributed by atoms with van der Waals surface area (Å²) in [6.07, 6.45) is 3.22. The van der Waals surface area contributed by atoms with Crippen LogP contribution in [-0.2, 0) is 16.2 Å². The van der Waals surface area contributed by atoms with Gasteiger partial charge in [0, 0.05) is 23.6 Å². The molecule has 7 nitrogen and oxygen atoms in total. The van der Waals surface area contributed by atoms with E-state index < -0.39 is 0 Å². The summed E-state index contributed by atoms with van der Waals surface area (Å²) >= 11 is 1.40. The van der Waals surface area contributed by atoms with E-state index in [0.717, 1.165) is 33.0 Å². The van der Waals surface area contributed by atoms with Gasteiger partial charge in [0.2, 0.25) is 5.91 Å². The van der Waals surface area contributed by atoms with Gasteiger partial charge in [0.05, 0.1) is 11.4 Å². The van der Waals surface area contributed by atoms with Crippen LogP contribution in [0.5, 0.6) is 11.5 Å². The molecular weight excluding hydrogens is 486 g/mol. The van der Waals surface area contributed by atoms with Crippen LogP contribution < -0.4 is 19.7 Å². The molecule has 0 fully saturated rings. The third kappa shape index (κ3) is 5.70. The van der Waals surface area contributed by atoms with Crippen molar-refractivity contribution in [2.24, 2.45) is 0 Å². The van der Waals surface area contributed by atoms with Gasteiger partial charge < -0.3 is 14.4 Å². The van der Waals surface area contributed by atoms with Crippen molar-refractivity contribution in [2.45, 2.75) is 13.5 Å². The maximum absolute atomic E-state index is 12.5. The predicted octanol–water partition coefficient (Wildman–Crippen LogP) is 5.70. The molecule has 1 aromatic heterocycles. The Morgan fingerprint density at radius 1 is 1.14 bits per heavy atom. The first kappa shape index (κ1) is 24.3. The van der Waals surface area contributed by atoms with Crippen LogP contribution in [0.2, 0.25) is 0 Å². The van der Waals surface area contributed by atoms with E-state index in [1.165, 1.54) is 17.4 Å². The fraction of sp³-hybridized carbons (Fsp3) is 0.138. The van der Waals surface area contributed by atoms with Crippen LogP contribution in [0.25, 0.3) is 17.3 Å². The number of thiazole rings is 1. The zero-order chi connectivity index (χ0) is 25.8. The van der Waals surface area contributed by atoms with E-state index in [9.17, 15) is 9.59 Å². The first-order valence-electron chi connectivity index (χ1n) is 11.7. The molecule has 0 spiro atoms. The molecule has 37 heavy (non-hydrogen) atoms. The summed E-state index contributed by atoms with van der Waals surface area (Å²) < 4.78 is 11.3. The highest BCUT2D eigenvalue weighted by Crippen LogP contribution is 2.37. The second-order valence-electron chi connectivity index (χ2n) is 8.51. The number of aryl methyl sites for hydroxylation is 1. The number of carbonyl (C=O) groups excluding carboxylic acids is 2. The van der Waals surface area contributed by atoms with Gasteiger partial charge in [-0.15, -0.1) is 11.3 Å². The smallest absolute Gasteiger partial charge is 0.264 e. The quantitative estimate of drug-likeness (QED) is 0.322. The second-order valence-corrected chi connectivity index (χ2v) is 9.72. The molecule has 5 rings (SSSR count). The van der Waals surface area contributed by atoms with E-state index in [1.807, 2.05) is 79.7 Å². The van der Waals surface area contributed by atoms with Crippen molar-refractivity contribution in [1.29, 1.82) is 0 Å². The van der Waals surface area contributed by atoms with Gasteiger partial charge in [0.25, 0.3) is 5.91 Å². The minimum atomic E-state index is -0.270. The lowest BCUT2D eigenvalue weighted by molar-refractivity contribution is -0.121. The Morgan fingerprint density at radius 2 is 1.92 bits per heavy atom. The van der Waals surface area contributed by atoms with Crippen LogP contribution in [-0.4, -0.2) is 30.5 Å². The van der Waals surface area contributed by atoms with Gasteiger partial charge in [-0.1, -0.05) is 42.5 Å². The topological polar surface area (TPSA) is 80.8 Å². The van der Waals surface area contributed by atoms with Crippen LogP contribution >= 0.6 is 11.3 Å². The Kier molecular flexibility index (Phi) is 7.00.